The normalized spacial score (nSPS) is 19.8. The molecule has 1 heterocycles. The zero-order valence-electron chi connectivity index (χ0n) is 8.59. The van der Waals surface area contributed by atoms with Crippen molar-refractivity contribution in [2.75, 3.05) is 11.9 Å². The van der Waals surface area contributed by atoms with E-state index < -0.39 is 5.82 Å². The number of hydrogen-bond acceptors (Lipinski definition) is 2. The standard InChI is InChI=1S/C11H12ClFN2O/c12-7-3-4-8(13)10(6-7)15-11(16)9-2-1-5-14-9/h3-4,6,9,14H,1-2,5H2,(H,15,16)/t9-/m1/s1. The van der Waals surface area contributed by atoms with E-state index in [-0.39, 0.29) is 17.6 Å². The lowest BCUT2D eigenvalue weighted by Gasteiger charge is -2.11. The van der Waals surface area contributed by atoms with Crippen molar-refractivity contribution in [3.8, 4) is 0 Å². The van der Waals surface area contributed by atoms with Crippen LogP contribution in [-0.2, 0) is 4.79 Å². The number of hydrogen-bond donors (Lipinski definition) is 2. The molecular weight excluding hydrogens is 231 g/mol. The third-order valence-corrected chi connectivity index (χ3v) is 2.80. The van der Waals surface area contributed by atoms with Crippen molar-refractivity contribution in [1.29, 1.82) is 0 Å². The second-order valence-corrected chi connectivity index (χ2v) is 4.20. The van der Waals surface area contributed by atoms with Gasteiger partial charge in [0.2, 0.25) is 5.91 Å². The number of amides is 1. The molecule has 5 heteroatoms. The van der Waals surface area contributed by atoms with Crippen molar-refractivity contribution in [2.24, 2.45) is 0 Å². The van der Waals surface area contributed by atoms with Gasteiger partial charge < -0.3 is 10.6 Å². The molecule has 0 spiro atoms. The van der Waals surface area contributed by atoms with Crippen molar-refractivity contribution in [1.82, 2.24) is 5.32 Å². The van der Waals surface area contributed by atoms with Crippen LogP contribution < -0.4 is 10.6 Å². The lowest BCUT2D eigenvalue weighted by atomic mass is 10.2. The fourth-order valence-corrected chi connectivity index (χ4v) is 1.89. The highest BCUT2D eigenvalue weighted by molar-refractivity contribution is 6.30. The largest absolute Gasteiger partial charge is 0.322 e. The van der Waals surface area contributed by atoms with Gasteiger partial charge in [0, 0.05) is 5.02 Å². The van der Waals surface area contributed by atoms with Crippen LogP contribution >= 0.6 is 11.6 Å². The maximum absolute atomic E-state index is 13.3. The molecule has 1 aliphatic rings. The van der Waals surface area contributed by atoms with Crippen molar-refractivity contribution in [3.05, 3.63) is 29.0 Å². The summed E-state index contributed by atoms with van der Waals surface area (Å²) < 4.78 is 13.3. The summed E-state index contributed by atoms with van der Waals surface area (Å²) in [6, 6.07) is 3.86. The van der Waals surface area contributed by atoms with Crippen molar-refractivity contribution < 1.29 is 9.18 Å². The molecule has 0 unspecified atom stereocenters. The first-order chi connectivity index (χ1) is 7.66. The van der Waals surface area contributed by atoms with Crippen LogP contribution in [-0.4, -0.2) is 18.5 Å². The fraction of sp³-hybridized carbons (Fsp3) is 0.364. The summed E-state index contributed by atoms with van der Waals surface area (Å²) >= 11 is 5.73. The van der Waals surface area contributed by atoms with E-state index in [1.807, 2.05) is 0 Å². The molecule has 86 valence electrons. The van der Waals surface area contributed by atoms with Gasteiger partial charge in [-0.1, -0.05) is 11.6 Å². The molecule has 0 aliphatic carbocycles. The molecule has 0 aromatic heterocycles. The van der Waals surface area contributed by atoms with Crippen LogP contribution in [0.1, 0.15) is 12.8 Å². The predicted octanol–water partition coefficient (Wildman–Crippen LogP) is 2.17. The van der Waals surface area contributed by atoms with Crippen LogP contribution in [0.25, 0.3) is 0 Å². The fourth-order valence-electron chi connectivity index (χ4n) is 1.72. The van der Waals surface area contributed by atoms with E-state index >= 15 is 0 Å². The van der Waals surface area contributed by atoms with Crippen LogP contribution in [0.5, 0.6) is 0 Å². The minimum absolute atomic E-state index is 0.131. The summed E-state index contributed by atoms with van der Waals surface area (Å²) in [7, 11) is 0. The Labute approximate surface area is 98.0 Å². The summed E-state index contributed by atoms with van der Waals surface area (Å²) in [5.74, 6) is -0.686. The molecule has 3 nitrogen and oxygen atoms in total. The van der Waals surface area contributed by atoms with Gasteiger partial charge in [0.1, 0.15) is 5.82 Å². The highest BCUT2D eigenvalue weighted by atomic mass is 35.5. The number of carbonyl (C=O) groups excluding carboxylic acids is 1. The molecule has 1 fully saturated rings. The highest BCUT2D eigenvalue weighted by Crippen LogP contribution is 2.20. The van der Waals surface area contributed by atoms with E-state index in [1.165, 1.54) is 18.2 Å². The first-order valence-electron chi connectivity index (χ1n) is 5.16. The Morgan fingerprint density at radius 2 is 2.38 bits per heavy atom. The van der Waals surface area contributed by atoms with E-state index in [9.17, 15) is 9.18 Å². The Balaban J connectivity index is 2.07. The van der Waals surface area contributed by atoms with Gasteiger partial charge in [-0.25, -0.2) is 4.39 Å². The average Bonchev–Trinajstić information content (AvgIpc) is 2.76. The summed E-state index contributed by atoms with van der Waals surface area (Å²) in [6.07, 6.45) is 1.75. The molecule has 1 saturated heterocycles. The van der Waals surface area contributed by atoms with Gasteiger partial charge in [-0.15, -0.1) is 0 Å². The van der Waals surface area contributed by atoms with Crippen molar-refractivity contribution in [3.63, 3.8) is 0 Å². The third-order valence-electron chi connectivity index (χ3n) is 2.56. The quantitative estimate of drug-likeness (QED) is 0.835. The SMILES string of the molecule is O=C(Nc1cc(Cl)ccc1F)[C@H]1CCCN1. The minimum atomic E-state index is -0.476. The van der Waals surface area contributed by atoms with Gasteiger partial charge in [-0.05, 0) is 37.6 Å². The predicted molar refractivity (Wildman–Crippen MR) is 61.1 cm³/mol. The Morgan fingerprint density at radius 1 is 1.56 bits per heavy atom. The molecular formula is C11H12ClFN2O. The molecule has 2 rings (SSSR count). The number of carbonyl (C=O) groups is 1. The van der Waals surface area contributed by atoms with E-state index in [0.717, 1.165) is 19.4 Å². The van der Waals surface area contributed by atoms with Crippen molar-refractivity contribution in [2.45, 2.75) is 18.9 Å². The van der Waals surface area contributed by atoms with Crippen molar-refractivity contribution >= 4 is 23.2 Å². The number of nitrogens with one attached hydrogen (secondary N) is 2. The van der Waals surface area contributed by atoms with Crippen LogP contribution in [0.4, 0.5) is 10.1 Å². The first-order valence-corrected chi connectivity index (χ1v) is 5.54. The minimum Gasteiger partial charge on any atom is -0.322 e. The van der Waals surface area contributed by atoms with Gasteiger partial charge in [-0.2, -0.15) is 0 Å². The Morgan fingerprint density at radius 3 is 3.06 bits per heavy atom. The lowest BCUT2D eigenvalue weighted by Crippen LogP contribution is -2.35. The molecule has 1 aromatic rings. The number of anilines is 1. The lowest BCUT2D eigenvalue weighted by molar-refractivity contribution is -0.117. The van der Waals surface area contributed by atoms with Crippen LogP contribution in [0.15, 0.2) is 18.2 Å². The number of benzene rings is 1. The monoisotopic (exact) mass is 242 g/mol. The van der Waals surface area contributed by atoms with E-state index in [1.54, 1.807) is 0 Å². The second-order valence-electron chi connectivity index (χ2n) is 3.76. The van der Waals surface area contributed by atoms with Gasteiger partial charge in [0.15, 0.2) is 0 Å². The van der Waals surface area contributed by atoms with Crippen LogP contribution in [0, 0.1) is 5.82 Å². The van der Waals surface area contributed by atoms with Gasteiger partial charge >= 0.3 is 0 Å². The topological polar surface area (TPSA) is 41.1 Å². The molecule has 1 aromatic carbocycles. The van der Waals surface area contributed by atoms with E-state index in [4.69, 9.17) is 11.6 Å². The highest BCUT2D eigenvalue weighted by Gasteiger charge is 2.22. The zero-order valence-corrected chi connectivity index (χ0v) is 9.35. The molecule has 1 aliphatic heterocycles. The second kappa shape index (κ2) is 4.80. The molecule has 0 bridgehead atoms. The Kier molecular flexibility index (Phi) is 3.41. The molecule has 0 saturated carbocycles. The Hall–Kier alpha value is -1.13. The molecule has 1 amide bonds. The molecule has 1 atom stereocenters. The van der Waals surface area contributed by atoms with Gasteiger partial charge in [0.05, 0.1) is 11.7 Å². The van der Waals surface area contributed by atoms with E-state index in [0.29, 0.717) is 5.02 Å². The molecule has 16 heavy (non-hydrogen) atoms. The summed E-state index contributed by atoms with van der Waals surface area (Å²) in [6.45, 7) is 0.829. The van der Waals surface area contributed by atoms with Gasteiger partial charge in [0.25, 0.3) is 0 Å². The zero-order chi connectivity index (χ0) is 11.5. The summed E-state index contributed by atoms with van der Waals surface area (Å²) in [4.78, 5) is 11.7. The van der Waals surface area contributed by atoms with E-state index in [2.05, 4.69) is 10.6 Å². The number of rotatable bonds is 2. The smallest absolute Gasteiger partial charge is 0.241 e. The van der Waals surface area contributed by atoms with Crippen LogP contribution in [0.3, 0.4) is 0 Å². The maximum atomic E-state index is 13.3. The first kappa shape index (κ1) is 11.4. The molecule has 0 radical (unpaired) electrons. The average molecular weight is 243 g/mol. The maximum Gasteiger partial charge on any atom is 0.241 e. The molecule has 2 N–H and O–H groups in total. The third kappa shape index (κ3) is 2.51. The van der Waals surface area contributed by atoms with Gasteiger partial charge in [-0.3, -0.25) is 4.79 Å². The summed E-state index contributed by atoms with van der Waals surface area (Å²) in [5, 5.41) is 5.97. The summed E-state index contributed by atoms with van der Waals surface area (Å²) in [5.41, 5.74) is 0.131. The van der Waals surface area contributed by atoms with Crippen LogP contribution in [0.2, 0.25) is 5.02 Å². The Bertz CT molecular complexity index is 405. The number of halogens is 2.